The third kappa shape index (κ3) is 11.8. The first-order valence-electron chi connectivity index (χ1n) is 6.57. The minimum atomic E-state index is 0.929. The molecule has 0 aliphatic heterocycles. The molecule has 0 saturated heterocycles. The predicted molar refractivity (Wildman–Crippen MR) is 67.4 cm³/mol. The van der Waals surface area contributed by atoms with E-state index in [2.05, 4.69) is 25.8 Å². The molecule has 0 aromatic carbocycles. The number of hydrogen-bond donors (Lipinski definition) is 0. The van der Waals surface area contributed by atoms with Crippen LogP contribution < -0.4 is 0 Å². The van der Waals surface area contributed by atoms with Crippen LogP contribution in [-0.4, -0.2) is 38.3 Å². The second-order valence-corrected chi connectivity index (χ2v) is 4.28. The van der Waals surface area contributed by atoms with E-state index in [4.69, 9.17) is 4.74 Å². The van der Waals surface area contributed by atoms with Crippen molar-refractivity contribution in [1.29, 1.82) is 0 Å². The van der Waals surface area contributed by atoms with Crippen LogP contribution in [-0.2, 0) is 4.74 Å². The lowest BCUT2D eigenvalue weighted by Gasteiger charge is -2.13. The lowest BCUT2D eigenvalue weighted by atomic mass is 10.2. The summed E-state index contributed by atoms with van der Waals surface area (Å²) in [7, 11) is 2.16. The van der Waals surface area contributed by atoms with Crippen LogP contribution in [0.5, 0.6) is 0 Å². The molecule has 0 atom stereocenters. The Kier molecular flexibility index (Phi) is 11.9. The number of rotatable bonds is 11. The Labute approximate surface area is 96.0 Å². The highest BCUT2D eigenvalue weighted by molar-refractivity contribution is 4.47. The van der Waals surface area contributed by atoms with Gasteiger partial charge in [0.05, 0.1) is 0 Å². The molecule has 0 aromatic heterocycles. The Hall–Kier alpha value is -0.0800. The average Bonchev–Trinajstić information content (AvgIpc) is 2.26. The maximum absolute atomic E-state index is 5.58. The Morgan fingerprint density at radius 1 is 0.867 bits per heavy atom. The Morgan fingerprint density at radius 2 is 1.53 bits per heavy atom. The van der Waals surface area contributed by atoms with E-state index in [-0.39, 0.29) is 0 Å². The molecular formula is C13H29NO. The third-order valence-electron chi connectivity index (χ3n) is 2.76. The smallest absolute Gasteiger partial charge is 0.0478 e. The largest absolute Gasteiger partial charge is 0.381 e. The fourth-order valence-corrected chi connectivity index (χ4v) is 1.50. The van der Waals surface area contributed by atoms with Crippen LogP contribution >= 0.6 is 0 Å². The lowest BCUT2D eigenvalue weighted by molar-refractivity contribution is 0.120. The van der Waals surface area contributed by atoms with E-state index in [1.807, 2.05) is 0 Å². The molecule has 2 nitrogen and oxygen atoms in total. The van der Waals surface area contributed by atoms with Crippen molar-refractivity contribution in [3.05, 3.63) is 0 Å². The van der Waals surface area contributed by atoms with Gasteiger partial charge < -0.3 is 9.64 Å². The topological polar surface area (TPSA) is 12.5 Å². The summed E-state index contributed by atoms with van der Waals surface area (Å²) in [4.78, 5) is 2.32. The van der Waals surface area contributed by atoms with Gasteiger partial charge in [-0.25, -0.2) is 0 Å². The van der Waals surface area contributed by atoms with Gasteiger partial charge in [-0.2, -0.15) is 0 Å². The van der Waals surface area contributed by atoms with E-state index >= 15 is 0 Å². The summed E-state index contributed by atoms with van der Waals surface area (Å²) in [5, 5.41) is 0. The van der Waals surface area contributed by atoms with Crippen molar-refractivity contribution in [2.24, 2.45) is 0 Å². The Morgan fingerprint density at radius 3 is 2.20 bits per heavy atom. The SMILES string of the molecule is CCCCCCCOCCCN(C)CC. The molecule has 0 amide bonds. The van der Waals surface area contributed by atoms with E-state index in [1.165, 1.54) is 38.5 Å². The highest BCUT2D eigenvalue weighted by atomic mass is 16.5. The van der Waals surface area contributed by atoms with Crippen molar-refractivity contribution in [2.75, 3.05) is 33.4 Å². The molecule has 92 valence electrons. The molecule has 0 saturated carbocycles. The molecule has 0 aromatic rings. The van der Waals surface area contributed by atoms with Gasteiger partial charge in [0.15, 0.2) is 0 Å². The molecular weight excluding hydrogens is 186 g/mol. The zero-order valence-electron chi connectivity index (χ0n) is 10.9. The van der Waals surface area contributed by atoms with Crippen molar-refractivity contribution in [2.45, 2.75) is 52.4 Å². The Bertz CT molecular complexity index is 117. The number of ether oxygens (including phenoxy) is 1. The molecule has 2 heteroatoms. The standard InChI is InChI=1S/C13H29NO/c1-4-6-7-8-9-12-15-13-10-11-14(3)5-2/h4-13H2,1-3H3. The van der Waals surface area contributed by atoms with Gasteiger partial charge in [0.2, 0.25) is 0 Å². The molecule has 0 N–H and O–H groups in total. The molecule has 0 bridgehead atoms. The van der Waals surface area contributed by atoms with Gasteiger partial charge in [-0.3, -0.25) is 0 Å². The highest BCUT2D eigenvalue weighted by Crippen LogP contribution is 2.02. The first-order valence-corrected chi connectivity index (χ1v) is 6.57. The second-order valence-electron chi connectivity index (χ2n) is 4.28. The Balaban J connectivity index is 2.92. The zero-order valence-corrected chi connectivity index (χ0v) is 10.9. The maximum Gasteiger partial charge on any atom is 0.0478 e. The first kappa shape index (κ1) is 14.9. The van der Waals surface area contributed by atoms with Crippen LogP contribution in [0.3, 0.4) is 0 Å². The van der Waals surface area contributed by atoms with E-state index in [1.54, 1.807) is 0 Å². The zero-order chi connectivity index (χ0) is 11.4. The van der Waals surface area contributed by atoms with Crippen molar-refractivity contribution < 1.29 is 4.74 Å². The van der Waals surface area contributed by atoms with Gasteiger partial charge in [-0.15, -0.1) is 0 Å². The van der Waals surface area contributed by atoms with Crippen LogP contribution in [0.4, 0.5) is 0 Å². The average molecular weight is 215 g/mol. The summed E-state index contributed by atoms with van der Waals surface area (Å²) in [6, 6.07) is 0. The van der Waals surface area contributed by atoms with Gasteiger partial charge in [0.1, 0.15) is 0 Å². The van der Waals surface area contributed by atoms with E-state index < -0.39 is 0 Å². The molecule has 0 spiro atoms. The van der Waals surface area contributed by atoms with Crippen LogP contribution in [0.15, 0.2) is 0 Å². The number of hydrogen-bond acceptors (Lipinski definition) is 2. The van der Waals surface area contributed by atoms with Gasteiger partial charge in [-0.05, 0) is 26.4 Å². The normalized spacial score (nSPS) is 11.2. The molecule has 0 unspecified atom stereocenters. The first-order chi connectivity index (χ1) is 7.31. The van der Waals surface area contributed by atoms with Gasteiger partial charge in [-0.1, -0.05) is 39.5 Å². The summed E-state index contributed by atoms with van der Waals surface area (Å²) in [5.74, 6) is 0. The highest BCUT2D eigenvalue weighted by Gasteiger charge is 1.94. The molecule has 0 aliphatic rings. The van der Waals surface area contributed by atoms with Crippen molar-refractivity contribution in [3.8, 4) is 0 Å². The third-order valence-corrected chi connectivity index (χ3v) is 2.76. The minimum Gasteiger partial charge on any atom is -0.381 e. The van der Waals surface area contributed by atoms with E-state index in [9.17, 15) is 0 Å². The lowest BCUT2D eigenvalue weighted by Crippen LogP contribution is -2.20. The maximum atomic E-state index is 5.58. The van der Waals surface area contributed by atoms with Crippen molar-refractivity contribution >= 4 is 0 Å². The van der Waals surface area contributed by atoms with Gasteiger partial charge in [0, 0.05) is 19.8 Å². The van der Waals surface area contributed by atoms with Crippen molar-refractivity contribution in [1.82, 2.24) is 4.90 Å². The second kappa shape index (κ2) is 12.0. The van der Waals surface area contributed by atoms with Crippen LogP contribution in [0.2, 0.25) is 0 Å². The number of unbranched alkanes of at least 4 members (excludes halogenated alkanes) is 4. The summed E-state index contributed by atoms with van der Waals surface area (Å²) in [6.07, 6.45) is 7.82. The van der Waals surface area contributed by atoms with Crippen molar-refractivity contribution in [3.63, 3.8) is 0 Å². The summed E-state index contributed by atoms with van der Waals surface area (Å²) >= 11 is 0. The monoisotopic (exact) mass is 215 g/mol. The fourth-order valence-electron chi connectivity index (χ4n) is 1.50. The quantitative estimate of drug-likeness (QED) is 0.490. The predicted octanol–water partition coefficient (Wildman–Crippen LogP) is 3.32. The van der Waals surface area contributed by atoms with E-state index in [0.717, 1.165) is 26.3 Å². The summed E-state index contributed by atoms with van der Waals surface area (Å²) < 4.78 is 5.58. The molecule has 15 heavy (non-hydrogen) atoms. The molecule has 0 radical (unpaired) electrons. The molecule has 0 rings (SSSR count). The van der Waals surface area contributed by atoms with Crippen LogP contribution in [0.1, 0.15) is 52.4 Å². The fraction of sp³-hybridized carbons (Fsp3) is 1.00. The molecule has 0 heterocycles. The van der Waals surface area contributed by atoms with Crippen LogP contribution in [0.25, 0.3) is 0 Å². The summed E-state index contributed by atoms with van der Waals surface area (Å²) in [6.45, 7) is 8.62. The van der Waals surface area contributed by atoms with E-state index in [0.29, 0.717) is 0 Å². The van der Waals surface area contributed by atoms with Gasteiger partial charge in [0.25, 0.3) is 0 Å². The summed E-state index contributed by atoms with van der Waals surface area (Å²) in [5.41, 5.74) is 0. The molecule has 0 fully saturated rings. The van der Waals surface area contributed by atoms with Crippen LogP contribution in [0, 0.1) is 0 Å². The molecule has 0 aliphatic carbocycles. The number of nitrogens with zero attached hydrogens (tertiary/aromatic N) is 1. The van der Waals surface area contributed by atoms with Gasteiger partial charge >= 0.3 is 0 Å². The minimum absolute atomic E-state index is 0.929.